The first kappa shape index (κ1) is 13.2. The average Bonchev–Trinajstić information content (AvgIpc) is 1.94. The molecule has 0 heterocycles. The highest BCUT2D eigenvalue weighted by Crippen LogP contribution is 2.21. The molecule has 6 heteroatoms. The molecule has 0 saturated carbocycles. The third kappa shape index (κ3) is 7.85. The number of amidine groups is 1. The lowest BCUT2D eigenvalue weighted by atomic mass is 10.1. The number of nitrogens with zero attached hydrogens (tertiary/aromatic N) is 1. The topological polar surface area (TPSA) is 50.4 Å². The molecule has 0 aromatic carbocycles. The lowest BCUT2D eigenvalue weighted by Gasteiger charge is -2.16. The zero-order valence-corrected chi connectivity index (χ0v) is 8.57. The quantitative estimate of drug-likeness (QED) is 0.317. The van der Waals surface area contributed by atoms with E-state index in [9.17, 15) is 13.2 Å². The van der Waals surface area contributed by atoms with Crippen molar-refractivity contribution in [2.24, 2.45) is 10.8 Å². The molecule has 3 N–H and O–H groups in total. The Morgan fingerprint density at radius 2 is 1.79 bits per heavy atom. The van der Waals surface area contributed by atoms with Gasteiger partial charge in [-0.2, -0.15) is 13.2 Å². The molecule has 0 radical (unpaired) electrons. The van der Waals surface area contributed by atoms with E-state index in [0.717, 1.165) is 0 Å². The second-order valence-electron chi connectivity index (χ2n) is 3.99. The van der Waals surface area contributed by atoms with Crippen LogP contribution in [0, 0.1) is 0 Å². The number of nitrogens with one attached hydrogen (secondary N) is 1. The van der Waals surface area contributed by atoms with Gasteiger partial charge in [0.25, 0.3) is 0 Å². The highest BCUT2D eigenvalue weighted by atomic mass is 19.4. The molecule has 0 aliphatic carbocycles. The molecule has 14 heavy (non-hydrogen) atoms. The molecular weight excluding hydrogens is 195 g/mol. The van der Waals surface area contributed by atoms with Gasteiger partial charge >= 0.3 is 6.18 Å². The summed E-state index contributed by atoms with van der Waals surface area (Å²) >= 11 is 0. The summed E-state index contributed by atoms with van der Waals surface area (Å²) < 4.78 is 35.6. The average molecular weight is 211 g/mol. The fourth-order valence-electron chi connectivity index (χ4n) is 0.825. The fraction of sp³-hybridized carbons (Fsp3) is 0.875. The molecule has 0 aliphatic rings. The lowest BCUT2D eigenvalue weighted by molar-refractivity contribution is -0.132. The van der Waals surface area contributed by atoms with Gasteiger partial charge < -0.3 is 5.43 Å². The van der Waals surface area contributed by atoms with Crippen LogP contribution in [0.25, 0.3) is 0 Å². The van der Waals surface area contributed by atoms with E-state index < -0.39 is 18.1 Å². The smallest absolute Gasteiger partial charge is 0.312 e. The first-order chi connectivity index (χ1) is 6.14. The van der Waals surface area contributed by atoms with Crippen LogP contribution >= 0.6 is 0 Å². The predicted molar refractivity (Wildman–Crippen MR) is 49.8 cm³/mol. The molecule has 0 amide bonds. The van der Waals surface area contributed by atoms with Crippen LogP contribution in [0.5, 0.6) is 0 Å². The van der Waals surface area contributed by atoms with Crippen LogP contribution < -0.4 is 11.3 Å². The molecule has 0 fully saturated rings. The Hall–Kier alpha value is -0.780. The van der Waals surface area contributed by atoms with E-state index in [1.165, 1.54) is 0 Å². The Bertz CT molecular complexity index is 203. The van der Waals surface area contributed by atoms with Gasteiger partial charge in [0.05, 0.1) is 12.0 Å². The molecule has 0 aromatic rings. The molecule has 0 spiro atoms. The van der Waals surface area contributed by atoms with Crippen molar-refractivity contribution in [3.8, 4) is 0 Å². The minimum Gasteiger partial charge on any atom is -0.312 e. The monoisotopic (exact) mass is 211 g/mol. The van der Waals surface area contributed by atoms with Crippen molar-refractivity contribution in [2.75, 3.05) is 0 Å². The molecule has 0 atom stereocenters. The molecule has 3 nitrogen and oxygen atoms in total. The maximum Gasteiger partial charge on any atom is 0.389 e. The summed E-state index contributed by atoms with van der Waals surface area (Å²) in [5.74, 6) is 5.24. The molecule has 0 unspecified atom stereocenters. The van der Waals surface area contributed by atoms with Crippen molar-refractivity contribution in [1.82, 2.24) is 5.43 Å². The van der Waals surface area contributed by atoms with E-state index in [0.29, 0.717) is 0 Å². The predicted octanol–water partition coefficient (Wildman–Crippen LogP) is 1.99. The highest BCUT2D eigenvalue weighted by molar-refractivity contribution is 5.81. The molecule has 0 rings (SSSR count). The number of halogens is 3. The van der Waals surface area contributed by atoms with Crippen LogP contribution in [-0.4, -0.2) is 17.6 Å². The Morgan fingerprint density at radius 1 is 1.29 bits per heavy atom. The van der Waals surface area contributed by atoms with Crippen LogP contribution in [0.15, 0.2) is 4.99 Å². The Kier molecular flexibility index (Phi) is 4.38. The van der Waals surface area contributed by atoms with E-state index in [-0.39, 0.29) is 12.3 Å². The van der Waals surface area contributed by atoms with E-state index >= 15 is 0 Å². The van der Waals surface area contributed by atoms with Crippen LogP contribution in [0.3, 0.4) is 0 Å². The Labute approximate surface area is 81.5 Å². The van der Waals surface area contributed by atoms with Crippen LogP contribution in [0.4, 0.5) is 13.2 Å². The molecule has 0 aromatic heterocycles. The van der Waals surface area contributed by atoms with Crippen molar-refractivity contribution in [3.05, 3.63) is 0 Å². The molecular formula is C8H16F3N3. The van der Waals surface area contributed by atoms with Gasteiger partial charge in [-0.15, -0.1) is 0 Å². The number of rotatable bonds is 2. The zero-order valence-electron chi connectivity index (χ0n) is 8.57. The minimum absolute atomic E-state index is 0.176. The van der Waals surface area contributed by atoms with Crippen LogP contribution in [-0.2, 0) is 0 Å². The standard InChI is InChI=1S/C8H16F3N3/c1-7(2,3)13-6(14-12)4-5-8(9,10)11/h4-5,12H2,1-3H3,(H,13,14). The summed E-state index contributed by atoms with van der Waals surface area (Å²) in [5.41, 5.74) is 1.76. The van der Waals surface area contributed by atoms with Gasteiger partial charge in [0.15, 0.2) is 0 Å². The molecule has 0 bridgehead atoms. The number of hydrazine groups is 1. The van der Waals surface area contributed by atoms with Crippen LogP contribution in [0.1, 0.15) is 33.6 Å². The molecule has 0 aliphatic heterocycles. The Balaban J connectivity index is 4.25. The van der Waals surface area contributed by atoms with Crippen molar-refractivity contribution < 1.29 is 13.2 Å². The molecule has 84 valence electrons. The van der Waals surface area contributed by atoms with Crippen LogP contribution in [0.2, 0.25) is 0 Å². The minimum atomic E-state index is -4.17. The van der Waals surface area contributed by atoms with Crippen molar-refractivity contribution >= 4 is 5.84 Å². The summed E-state index contributed by atoms with van der Waals surface area (Å²) in [6, 6.07) is 0. The maximum absolute atomic E-state index is 11.9. The van der Waals surface area contributed by atoms with Gasteiger partial charge in [0, 0.05) is 6.42 Å². The first-order valence-corrected chi connectivity index (χ1v) is 4.26. The normalized spacial score (nSPS) is 14.4. The van der Waals surface area contributed by atoms with Gasteiger partial charge in [-0.1, -0.05) is 0 Å². The maximum atomic E-state index is 11.9. The second kappa shape index (κ2) is 4.63. The summed E-state index contributed by atoms with van der Waals surface area (Å²) in [6.07, 6.45) is -5.29. The van der Waals surface area contributed by atoms with Gasteiger partial charge in [-0.25, -0.2) is 5.84 Å². The fourth-order valence-corrected chi connectivity index (χ4v) is 0.825. The summed E-state index contributed by atoms with van der Waals surface area (Å²) in [5, 5.41) is 0. The third-order valence-corrected chi connectivity index (χ3v) is 1.28. The lowest BCUT2D eigenvalue weighted by Crippen LogP contribution is -2.33. The summed E-state index contributed by atoms with van der Waals surface area (Å²) in [6.45, 7) is 5.37. The van der Waals surface area contributed by atoms with Gasteiger partial charge in [0.2, 0.25) is 0 Å². The number of alkyl halides is 3. The number of hydrogen-bond acceptors (Lipinski definition) is 2. The van der Waals surface area contributed by atoms with Gasteiger partial charge in [0.1, 0.15) is 5.84 Å². The van der Waals surface area contributed by atoms with E-state index in [1.54, 1.807) is 20.8 Å². The zero-order chi connectivity index (χ0) is 11.4. The SMILES string of the molecule is CC(C)(C)N=C(CCC(F)(F)F)NN. The first-order valence-electron chi connectivity index (χ1n) is 4.26. The largest absolute Gasteiger partial charge is 0.389 e. The number of nitrogens with two attached hydrogens (primary N) is 1. The number of hydrogen-bond donors (Lipinski definition) is 2. The highest BCUT2D eigenvalue weighted by Gasteiger charge is 2.27. The van der Waals surface area contributed by atoms with E-state index in [1.807, 2.05) is 0 Å². The van der Waals surface area contributed by atoms with E-state index in [4.69, 9.17) is 5.84 Å². The Morgan fingerprint density at radius 3 is 2.07 bits per heavy atom. The number of aliphatic imine (C=N–C) groups is 1. The van der Waals surface area contributed by atoms with Crippen molar-refractivity contribution in [2.45, 2.75) is 45.3 Å². The van der Waals surface area contributed by atoms with Crippen molar-refractivity contribution in [1.29, 1.82) is 0 Å². The van der Waals surface area contributed by atoms with E-state index in [2.05, 4.69) is 10.4 Å². The molecule has 0 saturated heterocycles. The summed E-state index contributed by atoms with van der Waals surface area (Å²) in [7, 11) is 0. The summed E-state index contributed by atoms with van der Waals surface area (Å²) in [4.78, 5) is 4.01. The third-order valence-electron chi connectivity index (χ3n) is 1.28. The second-order valence-corrected chi connectivity index (χ2v) is 3.99. The van der Waals surface area contributed by atoms with Gasteiger partial charge in [-0.05, 0) is 20.8 Å². The van der Waals surface area contributed by atoms with Gasteiger partial charge in [-0.3, -0.25) is 4.99 Å². The van der Waals surface area contributed by atoms with Crippen molar-refractivity contribution in [3.63, 3.8) is 0 Å².